The second-order valence-electron chi connectivity index (χ2n) is 4.48. The summed E-state index contributed by atoms with van der Waals surface area (Å²) in [7, 11) is 0. The van der Waals surface area contributed by atoms with Crippen LogP contribution in [0.15, 0.2) is 24.3 Å². The minimum Gasteiger partial charge on any atom is -0.479 e. The molecule has 0 N–H and O–H groups in total. The zero-order valence-electron chi connectivity index (χ0n) is 10.6. The molecule has 1 aromatic carbocycles. The van der Waals surface area contributed by atoms with Gasteiger partial charge in [-0.25, -0.2) is 0 Å². The van der Waals surface area contributed by atoms with Gasteiger partial charge in [0, 0.05) is 13.1 Å². The van der Waals surface area contributed by atoms with Crippen molar-refractivity contribution in [1.29, 1.82) is 0 Å². The van der Waals surface area contributed by atoms with Crippen LogP contribution in [0.3, 0.4) is 0 Å². The van der Waals surface area contributed by atoms with Crippen molar-refractivity contribution >= 4 is 17.5 Å². The summed E-state index contributed by atoms with van der Waals surface area (Å²) in [5.74, 6) is 0.661. The molecule has 4 heteroatoms. The van der Waals surface area contributed by atoms with Crippen LogP contribution in [0.5, 0.6) is 5.75 Å². The molecule has 0 aliphatic carbocycles. The predicted molar refractivity (Wildman–Crippen MR) is 72.0 cm³/mol. The van der Waals surface area contributed by atoms with E-state index in [0.29, 0.717) is 17.2 Å². The Kier molecular flexibility index (Phi) is 4.48. The van der Waals surface area contributed by atoms with E-state index in [-0.39, 0.29) is 5.91 Å². The van der Waals surface area contributed by atoms with E-state index in [9.17, 15) is 4.79 Å². The summed E-state index contributed by atoms with van der Waals surface area (Å²) in [6.07, 6.45) is 2.41. The van der Waals surface area contributed by atoms with Gasteiger partial charge in [-0.2, -0.15) is 0 Å². The molecule has 1 atom stereocenters. The molecular formula is C14H18ClNO2. The number of ether oxygens (including phenoxy) is 1. The zero-order valence-corrected chi connectivity index (χ0v) is 11.3. The third-order valence-corrected chi connectivity index (χ3v) is 3.48. The molecule has 0 saturated carbocycles. The number of benzene rings is 1. The van der Waals surface area contributed by atoms with Crippen molar-refractivity contribution in [2.75, 3.05) is 13.1 Å². The molecule has 2 rings (SSSR count). The van der Waals surface area contributed by atoms with Crippen LogP contribution in [0.4, 0.5) is 0 Å². The van der Waals surface area contributed by atoms with Gasteiger partial charge in [-0.15, -0.1) is 0 Å². The summed E-state index contributed by atoms with van der Waals surface area (Å²) in [4.78, 5) is 14.1. The molecule has 0 spiro atoms. The maximum Gasteiger partial charge on any atom is 0.263 e. The van der Waals surface area contributed by atoms with Crippen molar-refractivity contribution in [3.63, 3.8) is 0 Å². The number of hydrogen-bond acceptors (Lipinski definition) is 2. The van der Waals surface area contributed by atoms with Crippen LogP contribution < -0.4 is 4.74 Å². The van der Waals surface area contributed by atoms with Crippen molar-refractivity contribution in [2.24, 2.45) is 0 Å². The highest BCUT2D eigenvalue weighted by molar-refractivity contribution is 6.32. The second-order valence-corrected chi connectivity index (χ2v) is 4.88. The molecule has 1 aliphatic rings. The predicted octanol–water partition coefficient (Wildman–Crippen LogP) is 3.12. The first-order valence-electron chi connectivity index (χ1n) is 6.42. The lowest BCUT2D eigenvalue weighted by atomic mass is 10.2. The molecule has 1 aromatic rings. The van der Waals surface area contributed by atoms with E-state index in [1.54, 1.807) is 12.1 Å². The molecule has 1 unspecified atom stereocenters. The molecule has 98 valence electrons. The average Bonchev–Trinajstić information content (AvgIpc) is 2.91. The van der Waals surface area contributed by atoms with Gasteiger partial charge in [0.1, 0.15) is 5.75 Å². The molecule has 3 nitrogen and oxygen atoms in total. The lowest BCUT2D eigenvalue weighted by Gasteiger charge is -2.23. The summed E-state index contributed by atoms with van der Waals surface area (Å²) >= 11 is 6.04. The highest BCUT2D eigenvalue weighted by Gasteiger charge is 2.27. The third-order valence-electron chi connectivity index (χ3n) is 3.17. The summed E-state index contributed by atoms with van der Waals surface area (Å²) in [6.45, 7) is 3.65. The molecule has 0 bridgehead atoms. The van der Waals surface area contributed by atoms with E-state index in [2.05, 4.69) is 0 Å². The topological polar surface area (TPSA) is 29.5 Å². The second kappa shape index (κ2) is 6.10. The lowest BCUT2D eigenvalue weighted by molar-refractivity contribution is -0.137. The van der Waals surface area contributed by atoms with Crippen LogP contribution in [-0.2, 0) is 4.79 Å². The highest BCUT2D eigenvalue weighted by Crippen LogP contribution is 2.25. The van der Waals surface area contributed by atoms with E-state index in [4.69, 9.17) is 16.3 Å². The Morgan fingerprint density at radius 3 is 2.67 bits per heavy atom. The molecule has 0 aromatic heterocycles. The number of hydrogen-bond donors (Lipinski definition) is 0. The van der Waals surface area contributed by atoms with E-state index in [1.807, 2.05) is 24.0 Å². The van der Waals surface area contributed by atoms with Crippen LogP contribution in [-0.4, -0.2) is 30.0 Å². The standard InChI is InChI=1S/C14H18ClNO2/c1-2-12(14(17)16-9-5-6-10-16)18-13-8-4-3-7-11(13)15/h3-4,7-8,12H,2,5-6,9-10H2,1H3. The first kappa shape index (κ1) is 13.2. The van der Waals surface area contributed by atoms with Crippen LogP contribution >= 0.6 is 11.6 Å². The number of likely N-dealkylation sites (tertiary alicyclic amines) is 1. The van der Waals surface area contributed by atoms with Gasteiger partial charge in [-0.1, -0.05) is 30.7 Å². The van der Waals surface area contributed by atoms with Crippen LogP contribution in [0.1, 0.15) is 26.2 Å². The Hall–Kier alpha value is -1.22. The minimum absolute atomic E-state index is 0.0786. The van der Waals surface area contributed by atoms with Gasteiger partial charge in [0.15, 0.2) is 6.10 Å². The van der Waals surface area contributed by atoms with E-state index >= 15 is 0 Å². The number of halogens is 1. The highest BCUT2D eigenvalue weighted by atomic mass is 35.5. The molecule has 1 saturated heterocycles. The zero-order chi connectivity index (χ0) is 13.0. The molecule has 1 fully saturated rings. The van der Waals surface area contributed by atoms with Crippen LogP contribution in [0, 0.1) is 0 Å². The number of carbonyl (C=O) groups is 1. The fourth-order valence-corrected chi connectivity index (χ4v) is 2.32. The minimum atomic E-state index is -0.428. The number of nitrogens with zero attached hydrogens (tertiary/aromatic N) is 1. The summed E-state index contributed by atoms with van der Waals surface area (Å²) in [6, 6.07) is 7.26. The van der Waals surface area contributed by atoms with Crippen molar-refractivity contribution in [2.45, 2.75) is 32.3 Å². The maximum atomic E-state index is 12.3. The molecule has 0 radical (unpaired) electrons. The Balaban J connectivity index is 2.05. The van der Waals surface area contributed by atoms with Gasteiger partial charge in [0.25, 0.3) is 5.91 Å². The molecule has 1 aliphatic heterocycles. The number of para-hydroxylation sites is 1. The maximum absolute atomic E-state index is 12.3. The molecule has 18 heavy (non-hydrogen) atoms. The normalized spacial score (nSPS) is 16.7. The van der Waals surface area contributed by atoms with Crippen LogP contribution in [0.2, 0.25) is 5.02 Å². The largest absolute Gasteiger partial charge is 0.479 e. The Morgan fingerprint density at radius 1 is 1.39 bits per heavy atom. The summed E-state index contributed by atoms with van der Waals surface area (Å²) in [5.41, 5.74) is 0. The van der Waals surface area contributed by atoms with Crippen molar-refractivity contribution in [1.82, 2.24) is 4.90 Å². The summed E-state index contributed by atoms with van der Waals surface area (Å²) < 4.78 is 5.75. The van der Waals surface area contributed by atoms with Crippen molar-refractivity contribution in [3.05, 3.63) is 29.3 Å². The SMILES string of the molecule is CCC(Oc1ccccc1Cl)C(=O)N1CCCC1. The van der Waals surface area contributed by atoms with E-state index in [0.717, 1.165) is 25.9 Å². The first-order chi connectivity index (χ1) is 8.72. The van der Waals surface area contributed by atoms with Gasteiger partial charge in [0.05, 0.1) is 5.02 Å². The van der Waals surface area contributed by atoms with Gasteiger partial charge < -0.3 is 9.64 Å². The number of rotatable bonds is 4. The Bertz CT molecular complexity index is 416. The Morgan fingerprint density at radius 2 is 2.06 bits per heavy atom. The smallest absolute Gasteiger partial charge is 0.263 e. The summed E-state index contributed by atoms with van der Waals surface area (Å²) in [5, 5.41) is 0.546. The molecular weight excluding hydrogens is 250 g/mol. The molecule has 1 heterocycles. The van der Waals surface area contributed by atoms with Gasteiger partial charge in [0.2, 0.25) is 0 Å². The Labute approximate surface area is 113 Å². The van der Waals surface area contributed by atoms with Gasteiger partial charge >= 0.3 is 0 Å². The first-order valence-corrected chi connectivity index (χ1v) is 6.80. The quantitative estimate of drug-likeness (QED) is 0.839. The number of carbonyl (C=O) groups excluding carboxylic acids is 1. The molecule has 1 amide bonds. The number of amides is 1. The van der Waals surface area contributed by atoms with Gasteiger partial charge in [-0.3, -0.25) is 4.79 Å². The van der Waals surface area contributed by atoms with Crippen molar-refractivity contribution in [3.8, 4) is 5.75 Å². The van der Waals surface area contributed by atoms with Crippen LogP contribution in [0.25, 0.3) is 0 Å². The van der Waals surface area contributed by atoms with Gasteiger partial charge in [-0.05, 0) is 31.4 Å². The average molecular weight is 268 g/mol. The fraction of sp³-hybridized carbons (Fsp3) is 0.500. The van der Waals surface area contributed by atoms with E-state index < -0.39 is 6.10 Å². The monoisotopic (exact) mass is 267 g/mol. The third kappa shape index (κ3) is 2.96. The van der Waals surface area contributed by atoms with E-state index in [1.165, 1.54) is 0 Å². The van der Waals surface area contributed by atoms with Crippen molar-refractivity contribution < 1.29 is 9.53 Å². The fourth-order valence-electron chi connectivity index (χ4n) is 2.14. The lowest BCUT2D eigenvalue weighted by Crippen LogP contribution is -2.40.